The van der Waals surface area contributed by atoms with Crippen LogP contribution in [0.1, 0.15) is 35.7 Å². The Labute approximate surface area is 184 Å². The summed E-state index contributed by atoms with van der Waals surface area (Å²) in [6.45, 7) is 0.419. The minimum atomic E-state index is -3.87. The number of hydrogen-bond donors (Lipinski definition) is 1. The van der Waals surface area contributed by atoms with E-state index in [9.17, 15) is 23.1 Å². The van der Waals surface area contributed by atoms with Crippen LogP contribution in [0, 0.1) is 0 Å². The fourth-order valence-electron chi connectivity index (χ4n) is 3.57. The summed E-state index contributed by atoms with van der Waals surface area (Å²) in [6.07, 6.45) is 6.05. The lowest BCUT2D eigenvalue weighted by molar-refractivity contribution is -0.147. The quantitative estimate of drug-likeness (QED) is 0.446. The first-order valence-electron chi connectivity index (χ1n) is 10.3. The van der Waals surface area contributed by atoms with Crippen LogP contribution in [0.3, 0.4) is 0 Å². The summed E-state index contributed by atoms with van der Waals surface area (Å²) in [7, 11) is 0. The molecule has 2 heterocycles. The zero-order valence-corrected chi connectivity index (χ0v) is 17.6. The maximum Gasteiger partial charge on any atom is 0.327 e. The highest BCUT2D eigenvalue weighted by molar-refractivity contribution is 5.73. The summed E-state index contributed by atoms with van der Waals surface area (Å²) < 4.78 is 49.2. The third-order valence-corrected chi connectivity index (χ3v) is 5.31. The van der Waals surface area contributed by atoms with Crippen LogP contribution in [0.4, 0.5) is 13.2 Å². The molecule has 0 saturated heterocycles. The molecule has 3 rings (SSSR count). The number of hydrogen-bond acceptors (Lipinski definition) is 3. The lowest BCUT2D eigenvalue weighted by Crippen LogP contribution is -2.38. The monoisotopic (exact) mass is 446 g/mol. The molecule has 2 aromatic heterocycles. The van der Waals surface area contributed by atoms with Crippen molar-refractivity contribution in [2.24, 2.45) is 0 Å². The standard InChI is InChI=1S/C24H25F3N2O3/c1-2-17-5-8-19(28-15-17)11-14-32-20-9-6-18(7-10-20)21(24(26,27)16-25)22(23(30)31)29-12-3-4-13-29/h3-10,12-13,15,21-22H,2,11,14,16H2,1H3,(H,30,31)/t21-,22-/m1/s1. The average molecular weight is 446 g/mol. The van der Waals surface area contributed by atoms with Crippen LogP contribution in [0.25, 0.3) is 0 Å². The van der Waals surface area contributed by atoms with Crippen molar-refractivity contribution in [1.29, 1.82) is 0 Å². The molecule has 0 aliphatic rings. The van der Waals surface area contributed by atoms with Gasteiger partial charge in [-0.05, 0) is 47.9 Å². The summed E-state index contributed by atoms with van der Waals surface area (Å²) in [5.41, 5.74) is 2.03. The van der Waals surface area contributed by atoms with Crippen LogP contribution >= 0.6 is 0 Å². The number of aliphatic carboxylic acids is 1. The molecule has 5 nitrogen and oxygen atoms in total. The molecule has 0 radical (unpaired) electrons. The molecular formula is C24H25F3N2O3. The molecule has 0 bridgehead atoms. The van der Waals surface area contributed by atoms with E-state index in [0.717, 1.165) is 22.2 Å². The van der Waals surface area contributed by atoms with Crippen molar-refractivity contribution in [1.82, 2.24) is 9.55 Å². The van der Waals surface area contributed by atoms with Crippen molar-refractivity contribution in [3.8, 4) is 5.75 Å². The first-order chi connectivity index (χ1) is 15.4. The van der Waals surface area contributed by atoms with Gasteiger partial charge in [-0.15, -0.1) is 0 Å². The largest absolute Gasteiger partial charge is 0.493 e. The lowest BCUT2D eigenvalue weighted by Gasteiger charge is -2.31. The Morgan fingerprint density at radius 3 is 2.38 bits per heavy atom. The summed E-state index contributed by atoms with van der Waals surface area (Å²) in [5, 5.41) is 9.64. The maximum atomic E-state index is 14.6. The Morgan fingerprint density at radius 2 is 1.84 bits per heavy atom. The van der Waals surface area contributed by atoms with Crippen LogP contribution in [-0.2, 0) is 17.6 Å². The van der Waals surface area contributed by atoms with Crippen LogP contribution in [0.5, 0.6) is 5.75 Å². The van der Waals surface area contributed by atoms with E-state index in [-0.39, 0.29) is 5.56 Å². The Bertz CT molecular complexity index is 990. The van der Waals surface area contributed by atoms with Gasteiger partial charge in [0.15, 0.2) is 6.67 Å². The number of pyridine rings is 1. The third kappa shape index (κ3) is 5.49. The van der Waals surface area contributed by atoms with E-state index >= 15 is 0 Å². The van der Waals surface area contributed by atoms with Gasteiger partial charge in [0.25, 0.3) is 5.92 Å². The van der Waals surface area contributed by atoms with Gasteiger partial charge in [-0.3, -0.25) is 4.98 Å². The highest BCUT2D eigenvalue weighted by Crippen LogP contribution is 2.42. The number of halogens is 3. The van der Waals surface area contributed by atoms with Crippen molar-refractivity contribution in [2.45, 2.75) is 37.6 Å². The summed E-state index contributed by atoms with van der Waals surface area (Å²) in [5.74, 6) is -6.80. The normalized spacial score (nSPS) is 13.5. The highest BCUT2D eigenvalue weighted by Gasteiger charge is 2.49. The molecule has 1 N–H and O–H groups in total. The van der Waals surface area contributed by atoms with Gasteiger partial charge in [-0.25, -0.2) is 18.0 Å². The minimum Gasteiger partial charge on any atom is -0.493 e. The summed E-state index contributed by atoms with van der Waals surface area (Å²) in [4.78, 5) is 16.2. The second-order valence-corrected chi connectivity index (χ2v) is 7.46. The molecule has 0 aliphatic carbocycles. The predicted octanol–water partition coefficient (Wildman–Crippen LogP) is 5.08. The molecule has 0 fully saturated rings. The zero-order chi connectivity index (χ0) is 23.1. The maximum absolute atomic E-state index is 14.6. The van der Waals surface area contributed by atoms with Crippen molar-refractivity contribution in [2.75, 3.05) is 13.3 Å². The molecule has 0 spiro atoms. The molecular weight excluding hydrogens is 421 g/mol. The van der Waals surface area contributed by atoms with E-state index < -0.39 is 30.5 Å². The lowest BCUT2D eigenvalue weighted by atomic mass is 9.85. The summed E-state index contributed by atoms with van der Waals surface area (Å²) in [6, 6.07) is 11.0. The van der Waals surface area contributed by atoms with Crippen molar-refractivity contribution >= 4 is 5.97 Å². The molecule has 0 aliphatic heterocycles. The van der Waals surface area contributed by atoms with Crippen LogP contribution in [0.2, 0.25) is 0 Å². The number of benzene rings is 1. The van der Waals surface area contributed by atoms with Gasteiger partial charge >= 0.3 is 5.97 Å². The second-order valence-electron chi connectivity index (χ2n) is 7.46. The summed E-state index contributed by atoms with van der Waals surface area (Å²) >= 11 is 0. The number of aromatic nitrogens is 2. The first kappa shape index (κ1) is 23.4. The highest BCUT2D eigenvalue weighted by atomic mass is 19.3. The third-order valence-electron chi connectivity index (χ3n) is 5.31. The van der Waals surface area contributed by atoms with Crippen LogP contribution in [0.15, 0.2) is 67.1 Å². The number of carbonyl (C=O) groups is 1. The van der Waals surface area contributed by atoms with Gasteiger partial charge in [0.05, 0.1) is 12.5 Å². The second kappa shape index (κ2) is 10.3. The van der Waals surface area contributed by atoms with Crippen LogP contribution < -0.4 is 4.74 Å². The fraction of sp³-hybridized carbons (Fsp3) is 0.333. The minimum absolute atomic E-state index is 0.0120. The van der Waals surface area contributed by atoms with Gasteiger partial charge < -0.3 is 14.4 Å². The van der Waals surface area contributed by atoms with Gasteiger partial charge in [0.2, 0.25) is 0 Å². The fourth-order valence-corrected chi connectivity index (χ4v) is 3.57. The van der Waals surface area contributed by atoms with Gasteiger partial charge in [-0.1, -0.05) is 25.1 Å². The number of rotatable bonds is 11. The van der Waals surface area contributed by atoms with Crippen molar-refractivity contribution in [3.05, 3.63) is 83.9 Å². The molecule has 32 heavy (non-hydrogen) atoms. The number of carboxylic acids is 1. The average Bonchev–Trinajstić information content (AvgIpc) is 3.32. The molecule has 2 atom stereocenters. The topological polar surface area (TPSA) is 64.3 Å². The van der Waals surface area contributed by atoms with Crippen molar-refractivity contribution < 1.29 is 27.8 Å². The number of nitrogens with zero attached hydrogens (tertiary/aromatic N) is 2. The van der Waals surface area contributed by atoms with E-state index in [2.05, 4.69) is 11.9 Å². The van der Waals surface area contributed by atoms with Crippen molar-refractivity contribution in [3.63, 3.8) is 0 Å². The Kier molecular flexibility index (Phi) is 7.56. The predicted molar refractivity (Wildman–Crippen MR) is 114 cm³/mol. The molecule has 170 valence electrons. The van der Waals surface area contributed by atoms with Gasteiger partial charge in [0, 0.05) is 30.7 Å². The zero-order valence-electron chi connectivity index (χ0n) is 17.6. The number of carboxylic acid groups (broad SMARTS) is 1. The molecule has 3 aromatic rings. The molecule has 0 unspecified atom stereocenters. The molecule has 1 aromatic carbocycles. The first-order valence-corrected chi connectivity index (χ1v) is 10.3. The van der Waals surface area contributed by atoms with Crippen LogP contribution in [-0.4, -0.2) is 39.8 Å². The number of alkyl halides is 3. The van der Waals surface area contributed by atoms with E-state index in [1.165, 1.54) is 48.8 Å². The number of ether oxygens (including phenoxy) is 1. The molecule has 0 amide bonds. The molecule has 0 saturated carbocycles. The Balaban J connectivity index is 1.74. The molecule has 8 heteroatoms. The van der Waals surface area contributed by atoms with Gasteiger partial charge in [0.1, 0.15) is 11.8 Å². The number of aryl methyl sites for hydroxylation is 1. The van der Waals surface area contributed by atoms with Gasteiger partial charge in [-0.2, -0.15) is 0 Å². The Morgan fingerprint density at radius 1 is 1.16 bits per heavy atom. The van der Waals surface area contributed by atoms with E-state index in [4.69, 9.17) is 4.74 Å². The Hall–Kier alpha value is -3.29. The van der Waals surface area contributed by atoms with E-state index in [1.807, 2.05) is 18.3 Å². The van der Waals surface area contributed by atoms with E-state index in [0.29, 0.717) is 18.8 Å². The SMILES string of the molecule is CCc1ccc(CCOc2ccc([C@H]([C@H](C(=O)O)n3cccc3)C(F)(F)CF)cc2)nc1. The van der Waals surface area contributed by atoms with E-state index in [1.54, 1.807) is 0 Å². The smallest absolute Gasteiger partial charge is 0.327 e.